The van der Waals surface area contributed by atoms with Crippen LogP contribution in [0.3, 0.4) is 0 Å². The fraction of sp³-hybridized carbons (Fsp3) is 0.250. The number of nitro groups is 1. The van der Waals surface area contributed by atoms with Gasteiger partial charge in [0, 0.05) is 16.9 Å². The van der Waals surface area contributed by atoms with Crippen molar-refractivity contribution in [3.8, 4) is 11.1 Å². The van der Waals surface area contributed by atoms with Crippen LogP contribution in [0.2, 0.25) is 0 Å². The Morgan fingerprint density at radius 2 is 2.00 bits per heavy atom. The molecule has 0 aliphatic rings. The van der Waals surface area contributed by atoms with Crippen molar-refractivity contribution >= 4 is 33.9 Å². The third kappa shape index (κ3) is 4.08. The molecule has 0 aliphatic carbocycles. The summed E-state index contributed by atoms with van der Waals surface area (Å²) >= 11 is 1.11. The third-order valence-corrected chi connectivity index (χ3v) is 5.09. The van der Waals surface area contributed by atoms with E-state index in [4.69, 9.17) is 9.26 Å². The van der Waals surface area contributed by atoms with E-state index in [0.29, 0.717) is 5.56 Å². The number of rotatable bonds is 7. The van der Waals surface area contributed by atoms with Crippen molar-refractivity contribution in [1.82, 2.24) is 5.16 Å². The second kappa shape index (κ2) is 8.87. The highest BCUT2D eigenvalue weighted by molar-refractivity contribution is 7.15. The summed E-state index contributed by atoms with van der Waals surface area (Å²) in [7, 11) is 0. The van der Waals surface area contributed by atoms with Crippen molar-refractivity contribution in [3.63, 3.8) is 0 Å². The van der Waals surface area contributed by atoms with E-state index in [1.54, 1.807) is 26.2 Å². The molecule has 1 aromatic carbocycles. The standard InChI is InChI=1S/C20H19N3O6S/c1-4-28-20(25)14-13(12-8-6-5-7-9-12)10-30-19(14)21-18(24)15-16(23(26)27)17(11(2)3)29-22-15/h5-11H,4H2,1-3H3,(H,21,24). The average molecular weight is 429 g/mol. The molecule has 2 heterocycles. The van der Waals surface area contributed by atoms with Gasteiger partial charge in [-0.2, -0.15) is 0 Å². The summed E-state index contributed by atoms with van der Waals surface area (Å²) in [4.78, 5) is 36.1. The van der Waals surface area contributed by atoms with Gasteiger partial charge in [0.1, 0.15) is 10.6 Å². The maximum Gasteiger partial charge on any atom is 0.344 e. The SMILES string of the molecule is CCOC(=O)c1c(-c2ccccc2)csc1NC(=O)c1noc(C(C)C)c1[N+](=O)[O-]. The molecule has 0 aliphatic heterocycles. The molecule has 0 saturated carbocycles. The lowest BCUT2D eigenvalue weighted by molar-refractivity contribution is -0.386. The molecule has 0 saturated heterocycles. The number of hydrogen-bond acceptors (Lipinski definition) is 8. The molecule has 0 spiro atoms. The molecule has 0 atom stereocenters. The Kier molecular flexibility index (Phi) is 6.26. The first-order chi connectivity index (χ1) is 14.3. The Labute approximate surface area is 175 Å². The van der Waals surface area contributed by atoms with Crippen LogP contribution < -0.4 is 5.32 Å². The van der Waals surface area contributed by atoms with Crippen LogP contribution in [0.1, 0.15) is 53.3 Å². The highest BCUT2D eigenvalue weighted by Crippen LogP contribution is 2.37. The maximum atomic E-state index is 12.8. The Bertz CT molecular complexity index is 1090. The second-order valence-corrected chi connectivity index (χ2v) is 7.43. The molecule has 0 radical (unpaired) electrons. The first-order valence-electron chi connectivity index (χ1n) is 9.14. The number of benzene rings is 1. The van der Waals surface area contributed by atoms with Gasteiger partial charge in [0.25, 0.3) is 5.91 Å². The van der Waals surface area contributed by atoms with Gasteiger partial charge in [-0.3, -0.25) is 14.9 Å². The van der Waals surface area contributed by atoms with Gasteiger partial charge >= 0.3 is 11.7 Å². The molecule has 0 unspecified atom stereocenters. The third-order valence-electron chi connectivity index (χ3n) is 4.20. The van der Waals surface area contributed by atoms with Crippen LogP contribution in [0.25, 0.3) is 11.1 Å². The van der Waals surface area contributed by atoms with Crippen LogP contribution in [0.4, 0.5) is 10.7 Å². The lowest BCUT2D eigenvalue weighted by Gasteiger charge is -2.08. The number of nitrogens with zero attached hydrogens (tertiary/aromatic N) is 2. The molecule has 1 amide bonds. The predicted molar refractivity (Wildman–Crippen MR) is 111 cm³/mol. The molecule has 156 valence electrons. The van der Waals surface area contributed by atoms with Crippen LogP contribution in [0.15, 0.2) is 40.2 Å². The Morgan fingerprint density at radius 3 is 2.60 bits per heavy atom. The number of carbonyl (C=O) groups is 2. The minimum Gasteiger partial charge on any atom is -0.462 e. The van der Waals surface area contributed by atoms with Gasteiger partial charge in [-0.15, -0.1) is 11.3 Å². The van der Waals surface area contributed by atoms with Gasteiger partial charge in [0.2, 0.25) is 11.5 Å². The quantitative estimate of drug-likeness (QED) is 0.323. The molecule has 0 bridgehead atoms. The van der Waals surface area contributed by atoms with E-state index in [1.165, 1.54) is 0 Å². The van der Waals surface area contributed by atoms with E-state index >= 15 is 0 Å². The molecule has 0 fully saturated rings. The van der Waals surface area contributed by atoms with Crippen LogP contribution in [0.5, 0.6) is 0 Å². The lowest BCUT2D eigenvalue weighted by Crippen LogP contribution is -2.16. The van der Waals surface area contributed by atoms with Crippen LogP contribution in [-0.4, -0.2) is 28.6 Å². The molecule has 2 aromatic heterocycles. The van der Waals surface area contributed by atoms with Gasteiger partial charge in [-0.25, -0.2) is 4.79 Å². The number of carbonyl (C=O) groups excluding carboxylic acids is 2. The summed E-state index contributed by atoms with van der Waals surface area (Å²) in [6.07, 6.45) is 0. The largest absolute Gasteiger partial charge is 0.462 e. The molecular formula is C20H19N3O6S. The lowest BCUT2D eigenvalue weighted by atomic mass is 10.0. The molecule has 30 heavy (non-hydrogen) atoms. The highest BCUT2D eigenvalue weighted by Gasteiger charge is 2.34. The van der Waals surface area contributed by atoms with Crippen LogP contribution >= 0.6 is 11.3 Å². The number of hydrogen-bond donors (Lipinski definition) is 1. The average Bonchev–Trinajstić information content (AvgIpc) is 3.33. The molecule has 3 rings (SSSR count). The zero-order valence-corrected chi connectivity index (χ0v) is 17.3. The first-order valence-corrected chi connectivity index (χ1v) is 10.0. The van der Waals surface area contributed by atoms with E-state index in [-0.39, 0.29) is 28.8 Å². The van der Waals surface area contributed by atoms with Crippen molar-refractivity contribution in [2.45, 2.75) is 26.7 Å². The van der Waals surface area contributed by atoms with Crippen LogP contribution in [0, 0.1) is 10.1 Å². The summed E-state index contributed by atoms with van der Waals surface area (Å²) in [6, 6.07) is 9.15. The monoisotopic (exact) mass is 429 g/mol. The summed E-state index contributed by atoms with van der Waals surface area (Å²) in [6.45, 7) is 5.22. The zero-order valence-electron chi connectivity index (χ0n) is 16.5. The minimum atomic E-state index is -0.843. The smallest absolute Gasteiger partial charge is 0.344 e. The highest BCUT2D eigenvalue weighted by atomic mass is 32.1. The van der Waals surface area contributed by atoms with Gasteiger partial charge < -0.3 is 14.6 Å². The summed E-state index contributed by atoms with van der Waals surface area (Å²) in [5, 5.41) is 19.5. The van der Waals surface area contributed by atoms with Gasteiger partial charge in [-0.1, -0.05) is 49.3 Å². The number of nitrogens with one attached hydrogen (secondary N) is 1. The van der Waals surface area contributed by atoms with Crippen molar-refractivity contribution in [1.29, 1.82) is 0 Å². The van der Waals surface area contributed by atoms with E-state index in [1.807, 2.05) is 30.3 Å². The molecule has 3 aromatic rings. The zero-order chi connectivity index (χ0) is 21.8. The minimum absolute atomic E-state index is 0.00641. The normalized spacial score (nSPS) is 10.8. The molecule has 9 nitrogen and oxygen atoms in total. The van der Waals surface area contributed by atoms with E-state index in [9.17, 15) is 19.7 Å². The Hall–Kier alpha value is -3.53. The van der Waals surface area contributed by atoms with Gasteiger partial charge in [0.15, 0.2) is 0 Å². The van der Waals surface area contributed by atoms with E-state index in [0.717, 1.165) is 16.9 Å². The summed E-state index contributed by atoms with van der Waals surface area (Å²) in [5.41, 5.74) is 0.600. The second-order valence-electron chi connectivity index (χ2n) is 6.55. The summed E-state index contributed by atoms with van der Waals surface area (Å²) < 4.78 is 10.2. The topological polar surface area (TPSA) is 125 Å². The van der Waals surface area contributed by atoms with Crippen molar-refractivity contribution in [3.05, 3.63) is 62.8 Å². The Balaban J connectivity index is 2.01. The van der Waals surface area contributed by atoms with Crippen molar-refractivity contribution < 1.29 is 23.8 Å². The van der Waals surface area contributed by atoms with Crippen molar-refractivity contribution in [2.75, 3.05) is 11.9 Å². The Morgan fingerprint density at radius 1 is 1.30 bits per heavy atom. The van der Waals surface area contributed by atoms with E-state index in [2.05, 4.69) is 10.5 Å². The van der Waals surface area contributed by atoms with Gasteiger partial charge in [0.05, 0.1) is 11.5 Å². The van der Waals surface area contributed by atoms with Crippen molar-refractivity contribution in [2.24, 2.45) is 0 Å². The number of esters is 1. The number of thiophene rings is 1. The van der Waals surface area contributed by atoms with E-state index < -0.39 is 28.2 Å². The molecule has 10 heteroatoms. The maximum absolute atomic E-state index is 12.8. The summed E-state index contributed by atoms with van der Waals surface area (Å²) in [5.74, 6) is -1.78. The fourth-order valence-corrected chi connectivity index (χ4v) is 3.80. The number of amides is 1. The fourth-order valence-electron chi connectivity index (χ4n) is 2.85. The van der Waals surface area contributed by atoms with Gasteiger partial charge in [-0.05, 0) is 12.5 Å². The van der Waals surface area contributed by atoms with Crippen LogP contribution in [-0.2, 0) is 4.74 Å². The number of anilines is 1. The predicted octanol–water partition coefficient (Wildman–Crippen LogP) is 4.86. The molecular weight excluding hydrogens is 410 g/mol. The molecule has 1 N–H and O–H groups in total. The number of ether oxygens (including phenoxy) is 1. The first kappa shape index (κ1) is 21.2. The number of aromatic nitrogens is 1.